The lowest BCUT2D eigenvalue weighted by molar-refractivity contribution is 0.374. The first-order chi connectivity index (χ1) is 11.6. The molecule has 1 unspecified atom stereocenters. The van der Waals surface area contributed by atoms with E-state index in [1.807, 2.05) is 6.92 Å². The molecule has 0 saturated carbocycles. The molecule has 2 aromatic rings. The van der Waals surface area contributed by atoms with E-state index in [0.29, 0.717) is 30.6 Å². The number of aromatic nitrogens is 2. The van der Waals surface area contributed by atoms with Crippen molar-refractivity contribution in [3.63, 3.8) is 0 Å². The van der Waals surface area contributed by atoms with Crippen molar-refractivity contribution in [1.29, 1.82) is 0 Å². The molecule has 2 rings (SSSR count). The van der Waals surface area contributed by atoms with Gasteiger partial charge in [0.2, 0.25) is 5.89 Å². The molecule has 0 fully saturated rings. The molecule has 1 heterocycles. The van der Waals surface area contributed by atoms with E-state index in [9.17, 15) is 0 Å². The van der Waals surface area contributed by atoms with Crippen molar-refractivity contribution in [1.82, 2.24) is 20.8 Å². The molecular formula is C18H27N5O. The lowest BCUT2D eigenvalue weighted by atomic mass is 10.0. The van der Waals surface area contributed by atoms with Crippen molar-refractivity contribution in [2.75, 3.05) is 19.6 Å². The monoisotopic (exact) mass is 329 g/mol. The Labute approximate surface area is 143 Å². The first-order valence-electron chi connectivity index (χ1n) is 8.46. The van der Waals surface area contributed by atoms with Crippen LogP contribution in [0.3, 0.4) is 0 Å². The molecule has 1 aromatic carbocycles. The van der Waals surface area contributed by atoms with Crippen LogP contribution in [0.15, 0.2) is 33.8 Å². The molecule has 0 bridgehead atoms. The van der Waals surface area contributed by atoms with Crippen LogP contribution < -0.4 is 10.6 Å². The third-order valence-electron chi connectivity index (χ3n) is 3.71. The van der Waals surface area contributed by atoms with Gasteiger partial charge in [0.25, 0.3) is 0 Å². The van der Waals surface area contributed by atoms with Gasteiger partial charge in [0.05, 0.1) is 0 Å². The average Bonchev–Trinajstić information content (AvgIpc) is 2.98. The van der Waals surface area contributed by atoms with Gasteiger partial charge in [-0.05, 0) is 26.3 Å². The maximum atomic E-state index is 5.11. The minimum absolute atomic E-state index is 0.375. The maximum absolute atomic E-state index is 5.11. The van der Waals surface area contributed by atoms with Gasteiger partial charge in [-0.3, -0.25) is 4.99 Å². The van der Waals surface area contributed by atoms with E-state index < -0.39 is 0 Å². The van der Waals surface area contributed by atoms with E-state index in [2.05, 4.69) is 70.8 Å². The number of hydrogen-bond acceptors (Lipinski definition) is 4. The van der Waals surface area contributed by atoms with Crippen LogP contribution >= 0.6 is 0 Å². The highest BCUT2D eigenvalue weighted by Gasteiger charge is 2.06. The van der Waals surface area contributed by atoms with Gasteiger partial charge in [0.1, 0.15) is 0 Å². The van der Waals surface area contributed by atoms with Gasteiger partial charge in [0, 0.05) is 32.0 Å². The molecular weight excluding hydrogens is 302 g/mol. The van der Waals surface area contributed by atoms with Gasteiger partial charge in [-0.2, -0.15) is 4.98 Å². The molecule has 0 aliphatic heterocycles. The van der Waals surface area contributed by atoms with E-state index in [1.54, 1.807) is 0 Å². The zero-order chi connectivity index (χ0) is 17.4. The second-order valence-electron chi connectivity index (χ2n) is 5.94. The molecule has 0 radical (unpaired) electrons. The molecule has 1 atom stereocenters. The fourth-order valence-electron chi connectivity index (χ4n) is 2.30. The van der Waals surface area contributed by atoms with E-state index in [1.165, 1.54) is 11.1 Å². The predicted octanol–water partition coefficient (Wildman–Crippen LogP) is 2.59. The fraction of sp³-hybridized carbons (Fsp3) is 0.500. The first-order valence-corrected chi connectivity index (χ1v) is 8.46. The van der Waals surface area contributed by atoms with E-state index in [0.717, 1.165) is 19.0 Å². The van der Waals surface area contributed by atoms with Crippen molar-refractivity contribution < 1.29 is 4.52 Å². The van der Waals surface area contributed by atoms with Crippen molar-refractivity contribution in [2.24, 2.45) is 4.99 Å². The third-order valence-corrected chi connectivity index (χ3v) is 3.71. The maximum Gasteiger partial charge on any atom is 0.228 e. The Morgan fingerprint density at radius 3 is 2.58 bits per heavy atom. The first kappa shape index (κ1) is 18.0. The summed E-state index contributed by atoms with van der Waals surface area (Å²) in [5.74, 6) is 2.49. The number of benzene rings is 1. The number of nitrogens with zero attached hydrogens (tertiary/aromatic N) is 3. The van der Waals surface area contributed by atoms with E-state index >= 15 is 0 Å². The minimum Gasteiger partial charge on any atom is -0.357 e. The Bertz CT molecular complexity index is 648. The molecule has 6 heteroatoms. The molecule has 0 saturated heterocycles. The molecule has 0 spiro atoms. The molecule has 0 amide bonds. The van der Waals surface area contributed by atoms with Gasteiger partial charge in [0.15, 0.2) is 11.8 Å². The third kappa shape index (κ3) is 5.68. The highest BCUT2D eigenvalue weighted by atomic mass is 16.5. The van der Waals surface area contributed by atoms with Gasteiger partial charge in [-0.25, -0.2) is 0 Å². The van der Waals surface area contributed by atoms with Gasteiger partial charge < -0.3 is 15.2 Å². The zero-order valence-corrected chi connectivity index (χ0v) is 15.0. The summed E-state index contributed by atoms with van der Waals surface area (Å²) in [5, 5.41) is 10.4. The second-order valence-corrected chi connectivity index (χ2v) is 5.94. The summed E-state index contributed by atoms with van der Waals surface area (Å²) in [6.07, 6.45) is 0.679. The summed E-state index contributed by atoms with van der Waals surface area (Å²) in [5.41, 5.74) is 2.59. The summed E-state index contributed by atoms with van der Waals surface area (Å²) in [6, 6.07) is 8.64. The van der Waals surface area contributed by atoms with Crippen LogP contribution in [0.1, 0.15) is 42.6 Å². The molecule has 24 heavy (non-hydrogen) atoms. The molecule has 0 aliphatic carbocycles. The normalized spacial score (nSPS) is 12.9. The lowest BCUT2D eigenvalue weighted by Crippen LogP contribution is -2.38. The number of hydrogen-bond donors (Lipinski definition) is 2. The van der Waals surface area contributed by atoms with Gasteiger partial charge in [-0.1, -0.05) is 41.9 Å². The molecule has 130 valence electrons. The summed E-state index contributed by atoms with van der Waals surface area (Å²) >= 11 is 0. The van der Waals surface area contributed by atoms with Crippen LogP contribution in [0.2, 0.25) is 0 Å². The van der Waals surface area contributed by atoms with Crippen molar-refractivity contribution in [2.45, 2.75) is 40.0 Å². The summed E-state index contributed by atoms with van der Waals surface area (Å²) in [6.45, 7) is 10.4. The molecule has 0 aliphatic rings. The number of guanidine groups is 1. The molecule has 1 aromatic heterocycles. The summed E-state index contributed by atoms with van der Waals surface area (Å²) < 4.78 is 5.11. The molecule has 2 N–H and O–H groups in total. The smallest absolute Gasteiger partial charge is 0.228 e. The Hall–Kier alpha value is -2.37. The topological polar surface area (TPSA) is 75.3 Å². The SMILES string of the molecule is CCNC(=NCC(C)c1ccc(C)cc1)NCCc1nc(C)no1. The van der Waals surface area contributed by atoms with Crippen LogP contribution in [0.4, 0.5) is 0 Å². The molecule has 6 nitrogen and oxygen atoms in total. The second kappa shape index (κ2) is 9.05. The quantitative estimate of drug-likeness (QED) is 0.603. The van der Waals surface area contributed by atoms with E-state index in [-0.39, 0.29) is 0 Å². The number of aliphatic imine (C=N–C) groups is 1. The summed E-state index contributed by atoms with van der Waals surface area (Å²) in [7, 11) is 0. The van der Waals surface area contributed by atoms with Crippen LogP contribution in [0.5, 0.6) is 0 Å². The zero-order valence-electron chi connectivity index (χ0n) is 15.0. The standard InChI is InChI=1S/C18H27N5O/c1-5-19-18(20-11-10-17-22-15(4)23-24-17)21-12-14(3)16-8-6-13(2)7-9-16/h6-9,14H,5,10-12H2,1-4H3,(H2,19,20,21). The van der Waals surface area contributed by atoms with Gasteiger partial charge in [-0.15, -0.1) is 0 Å². The number of aryl methyl sites for hydroxylation is 2. The van der Waals surface area contributed by atoms with E-state index in [4.69, 9.17) is 4.52 Å². The van der Waals surface area contributed by atoms with Crippen LogP contribution in [-0.4, -0.2) is 35.7 Å². The highest BCUT2D eigenvalue weighted by molar-refractivity contribution is 5.79. The summed E-state index contributed by atoms with van der Waals surface area (Å²) in [4.78, 5) is 8.87. The highest BCUT2D eigenvalue weighted by Crippen LogP contribution is 2.15. The lowest BCUT2D eigenvalue weighted by Gasteiger charge is -2.13. The Balaban J connectivity index is 1.86. The van der Waals surface area contributed by atoms with Crippen LogP contribution in [-0.2, 0) is 6.42 Å². The number of rotatable bonds is 7. The minimum atomic E-state index is 0.375. The number of nitrogens with one attached hydrogen (secondary N) is 2. The van der Waals surface area contributed by atoms with Crippen molar-refractivity contribution in [3.05, 3.63) is 47.1 Å². The van der Waals surface area contributed by atoms with Crippen LogP contribution in [0, 0.1) is 13.8 Å². The largest absolute Gasteiger partial charge is 0.357 e. The van der Waals surface area contributed by atoms with Crippen molar-refractivity contribution in [3.8, 4) is 0 Å². The van der Waals surface area contributed by atoms with Crippen molar-refractivity contribution >= 4 is 5.96 Å². The van der Waals surface area contributed by atoms with Crippen LogP contribution in [0.25, 0.3) is 0 Å². The Morgan fingerprint density at radius 1 is 1.21 bits per heavy atom. The predicted molar refractivity (Wildman–Crippen MR) is 96.3 cm³/mol. The Morgan fingerprint density at radius 2 is 1.96 bits per heavy atom. The fourth-order valence-corrected chi connectivity index (χ4v) is 2.30. The van der Waals surface area contributed by atoms with Gasteiger partial charge >= 0.3 is 0 Å². The Kier molecular flexibility index (Phi) is 6.78. The average molecular weight is 329 g/mol.